The number of alkyl halides is 1. The van der Waals surface area contributed by atoms with Gasteiger partial charge in [0.15, 0.2) is 0 Å². The lowest BCUT2D eigenvalue weighted by atomic mass is 10.1. The Morgan fingerprint density at radius 1 is 1.22 bits per heavy atom. The van der Waals surface area contributed by atoms with Gasteiger partial charge in [0, 0.05) is 16.6 Å². The highest BCUT2D eigenvalue weighted by atomic mass is 79.9. The lowest BCUT2D eigenvalue weighted by Gasteiger charge is -2.12. The molecule has 0 N–H and O–H groups in total. The molecule has 0 aliphatic rings. The summed E-state index contributed by atoms with van der Waals surface area (Å²) in [6.45, 7) is 7.39. The van der Waals surface area contributed by atoms with E-state index >= 15 is 0 Å². The highest BCUT2D eigenvalue weighted by molar-refractivity contribution is 9.08. The van der Waals surface area contributed by atoms with Crippen LogP contribution in [0.5, 0.6) is 0 Å². The molecule has 0 unspecified atom stereocenters. The largest absolute Gasteiger partial charge is 0.265 e. The molecule has 3 heteroatoms. The van der Waals surface area contributed by atoms with Gasteiger partial charge in [-0.3, -0.25) is 4.68 Å². The number of benzene rings is 1. The SMILES string of the molecule is Cc1ccc(Cn2ncc(CBr)c2C(C)C)cc1. The molecule has 2 aromatic rings. The molecule has 0 saturated heterocycles. The minimum atomic E-state index is 0.491. The first kappa shape index (κ1) is 13.3. The summed E-state index contributed by atoms with van der Waals surface area (Å²) in [6.07, 6.45) is 1.97. The molecule has 0 saturated carbocycles. The third-order valence-electron chi connectivity index (χ3n) is 3.10. The van der Waals surface area contributed by atoms with Crippen LogP contribution >= 0.6 is 15.9 Å². The van der Waals surface area contributed by atoms with E-state index in [-0.39, 0.29) is 0 Å². The summed E-state index contributed by atoms with van der Waals surface area (Å²) < 4.78 is 2.12. The third-order valence-corrected chi connectivity index (χ3v) is 3.71. The van der Waals surface area contributed by atoms with Crippen molar-refractivity contribution in [3.05, 3.63) is 52.8 Å². The second-order valence-corrected chi connectivity index (χ2v) is 5.55. The fourth-order valence-corrected chi connectivity index (χ4v) is 2.63. The number of halogens is 1. The molecule has 18 heavy (non-hydrogen) atoms. The smallest absolute Gasteiger partial charge is 0.0662 e. The Kier molecular flexibility index (Phi) is 4.23. The van der Waals surface area contributed by atoms with Crippen molar-refractivity contribution in [3.63, 3.8) is 0 Å². The van der Waals surface area contributed by atoms with Gasteiger partial charge < -0.3 is 0 Å². The first-order valence-electron chi connectivity index (χ1n) is 6.28. The van der Waals surface area contributed by atoms with Gasteiger partial charge in [0.05, 0.1) is 12.7 Å². The quantitative estimate of drug-likeness (QED) is 0.772. The summed E-state index contributed by atoms with van der Waals surface area (Å²) in [4.78, 5) is 0. The van der Waals surface area contributed by atoms with Crippen molar-refractivity contribution in [1.29, 1.82) is 0 Å². The van der Waals surface area contributed by atoms with Gasteiger partial charge in [0.1, 0.15) is 0 Å². The maximum Gasteiger partial charge on any atom is 0.0662 e. The van der Waals surface area contributed by atoms with Gasteiger partial charge in [0.25, 0.3) is 0 Å². The maximum absolute atomic E-state index is 4.51. The van der Waals surface area contributed by atoms with Gasteiger partial charge in [-0.1, -0.05) is 59.6 Å². The number of aryl methyl sites for hydroxylation is 1. The van der Waals surface area contributed by atoms with E-state index in [0.29, 0.717) is 5.92 Å². The Bertz CT molecular complexity index is 512. The Labute approximate surface area is 117 Å². The van der Waals surface area contributed by atoms with E-state index in [1.807, 2.05) is 6.20 Å². The number of rotatable bonds is 4. The normalized spacial score (nSPS) is 11.2. The molecule has 0 spiro atoms. The van der Waals surface area contributed by atoms with Crippen LogP contribution in [0.4, 0.5) is 0 Å². The molecule has 0 radical (unpaired) electrons. The zero-order valence-corrected chi connectivity index (χ0v) is 12.7. The predicted octanol–water partition coefficient (Wildman–Crippen LogP) is 4.26. The average Bonchev–Trinajstić information content (AvgIpc) is 2.75. The minimum Gasteiger partial charge on any atom is -0.265 e. The molecule has 0 fully saturated rings. The van der Waals surface area contributed by atoms with Gasteiger partial charge in [-0.15, -0.1) is 0 Å². The number of nitrogens with zero attached hydrogens (tertiary/aromatic N) is 2. The third kappa shape index (κ3) is 2.83. The zero-order chi connectivity index (χ0) is 13.1. The molecule has 1 heterocycles. The molecule has 0 aliphatic carbocycles. The zero-order valence-electron chi connectivity index (χ0n) is 11.2. The lowest BCUT2D eigenvalue weighted by Crippen LogP contribution is -2.08. The van der Waals surface area contributed by atoms with Crippen LogP contribution in [0.15, 0.2) is 30.5 Å². The Hall–Kier alpha value is -1.09. The summed E-state index contributed by atoms with van der Waals surface area (Å²) in [5, 5.41) is 5.38. The van der Waals surface area contributed by atoms with Gasteiger partial charge in [-0.05, 0) is 18.4 Å². The second-order valence-electron chi connectivity index (χ2n) is 4.99. The Balaban J connectivity index is 2.28. The van der Waals surface area contributed by atoms with Gasteiger partial charge in [-0.25, -0.2) is 0 Å². The van der Waals surface area contributed by atoms with Crippen molar-refractivity contribution >= 4 is 15.9 Å². The van der Waals surface area contributed by atoms with Crippen LogP contribution in [0.1, 0.15) is 42.1 Å². The molecule has 1 aromatic heterocycles. The van der Waals surface area contributed by atoms with Crippen molar-refractivity contribution in [2.24, 2.45) is 0 Å². The molecule has 0 atom stereocenters. The van der Waals surface area contributed by atoms with E-state index in [1.54, 1.807) is 0 Å². The first-order valence-corrected chi connectivity index (χ1v) is 7.40. The molecule has 2 nitrogen and oxygen atoms in total. The molecule has 0 bridgehead atoms. The topological polar surface area (TPSA) is 17.8 Å². The van der Waals surface area contributed by atoms with Crippen molar-refractivity contribution in [2.45, 2.75) is 38.6 Å². The molecule has 1 aromatic carbocycles. The molecule has 96 valence electrons. The van der Waals surface area contributed by atoms with Crippen molar-refractivity contribution < 1.29 is 0 Å². The predicted molar refractivity (Wildman–Crippen MR) is 79.2 cm³/mol. The number of hydrogen-bond acceptors (Lipinski definition) is 1. The number of hydrogen-bond donors (Lipinski definition) is 0. The standard InChI is InChI=1S/C15H19BrN2/c1-11(2)15-14(8-16)9-17-18(15)10-13-6-4-12(3)5-7-13/h4-7,9,11H,8,10H2,1-3H3. The van der Waals surface area contributed by atoms with Crippen LogP contribution in [0, 0.1) is 6.92 Å². The lowest BCUT2D eigenvalue weighted by molar-refractivity contribution is 0.615. The summed E-state index contributed by atoms with van der Waals surface area (Å²) in [5.74, 6) is 0.491. The molecule has 2 rings (SSSR count). The number of aromatic nitrogens is 2. The maximum atomic E-state index is 4.51. The van der Waals surface area contributed by atoms with E-state index in [4.69, 9.17) is 0 Å². The summed E-state index contributed by atoms with van der Waals surface area (Å²) >= 11 is 3.53. The monoisotopic (exact) mass is 306 g/mol. The average molecular weight is 307 g/mol. The van der Waals surface area contributed by atoms with Gasteiger partial charge >= 0.3 is 0 Å². The van der Waals surface area contributed by atoms with Gasteiger partial charge in [-0.2, -0.15) is 5.10 Å². The van der Waals surface area contributed by atoms with E-state index < -0.39 is 0 Å². The van der Waals surface area contributed by atoms with E-state index in [0.717, 1.165) is 11.9 Å². The Morgan fingerprint density at radius 3 is 2.44 bits per heavy atom. The fourth-order valence-electron chi connectivity index (χ4n) is 2.20. The van der Waals surface area contributed by atoms with E-state index in [1.165, 1.54) is 22.4 Å². The molecular formula is C15H19BrN2. The van der Waals surface area contributed by atoms with Crippen LogP contribution in [0.3, 0.4) is 0 Å². The van der Waals surface area contributed by atoms with E-state index in [2.05, 4.69) is 70.7 Å². The Morgan fingerprint density at radius 2 is 1.89 bits per heavy atom. The second kappa shape index (κ2) is 5.70. The highest BCUT2D eigenvalue weighted by Crippen LogP contribution is 2.22. The van der Waals surface area contributed by atoms with Gasteiger partial charge in [0.2, 0.25) is 0 Å². The molecule has 0 aliphatic heterocycles. The van der Waals surface area contributed by atoms with Crippen molar-refractivity contribution in [1.82, 2.24) is 9.78 Å². The highest BCUT2D eigenvalue weighted by Gasteiger charge is 2.13. The fraction of sp³-hybridized carbons (Fsp3) is 0.400. The summed E-state index contributed by atoms with van der Waals surface area (Å²) in [7, 11) is 0. The van der Waals surface area contributed by atoms with Crippen LogP contribution in [0.25, 0.3) is 0 Å². The van der Waals surface area contributed by atoms with Crippen LogP contribution < -0.4 is 0 Å². The minimum absolute atomic E-state index is 0.491. The van der Waals surface area contributed by atoms with E-state index in [9.17, 15) is 0 Å². The molecule has 0 amide bonds. The van der Waals surface area contributed by atoms with Crippen molar-refractivity contribution in [3.8, 4) is 0 Å². The van der Waals surface area contributed by atoms with Crippen LogP contribution in [-0.4, -0.2) is 9.78 Å². The molecular weight excluding hydrogens is 288 g/mol. The summed E-state index contributed by atoms with van der Waals surface area (Å²) in [5.41, 5.74) is 5.21. The van der Waals surface area contributed by atoms with Crippen LogP contribution in [-0.2, 0) is 11.9 Å². The first-order chi connectivity index (χ1) is 8.61. The summed E-state index contributed by atoms with van der Waals surface area (Å²) in [6, 6.07) is 8.66. The van der Waals surface area contributed by atoms with Crippen molar-refractivity contribution in [2.75, 3.05) is 0 Å². The van der Waals surface area contributed by atoms with Crippen LogP contribution in [0.2, 0.25) is 0 Å².